The number of nitro groups is 1. The number of hydrogen-bond acceptors (Lipinski definition) is 6. The van der Waals surface area contributed by atoms with E-state index in [4.69, 9.17) is 15.2 Å². The van der Waals surface area contributed by atoms with Gasteiger partial charge in [0.1, 0.15) is 17.0 Å². The summed E-state index contributed by atoms with van der Waals surface area (Å²) in [5, 5.41) is 12.5. The number of aryl methyl sites for hydroxylation is 1. The van der Waals surface area contributed by atoms with Crippen LogP contribution in [-0.2, 0) is 18.4 Å². The Labute approximate surface area is 218 Å². The Morgan fingerprint density at radius 3 is 2.53 bits per heavy atom. The summed E-state index contributed by atoms with van der Waals surface area (Å²) >= 11 is 0. The van der Waals surface area contributed by atoms with E-state index in [2.05, 4.69) is 24.6 Å². The lowest BCUT2D eigenvalue weighted by Crippen LogP contribution is -2.21. The molecular formula is C26H28F2N4O5Si. The van der Waals surface area contributed by atoms with Gasteiger partial charge in [-0.05, 0) is 36.4 Å². The minimum Gasteiger partial charge on any atom is -0.446 e. The summed E-state index contributed by atoms with van der Waals surface area (Å²) in [5.74, 6) is -2.64. The summed E-state index contributed by atoms with van der Waals surface area (Å²) < 4.78 is 40.8. The number of nitro benzene ring substituents is 1. The fourth-order valence-electron chi connectivity index (χ4n) is 4.00. The topological polar surface area (TPSA) is 125 Å². The van der Waals surface area contributed by atoms with Crippen LogP contribution in [0.4, 0.5) is 20.2 Å². The Hall–Kier alpha value is -4.03. The van der Waals surface area contributed by atoms with E-state index in [-0.39, 0.29) is 34.7 Å². The molecule has 0 fully saturated rings. The van der Waals surface area contributed by atoms with Crippen molar-refractivity contribution in [3.8, 4) is 22.6 Å². The normalized spacial score (nSPS) is 11.7. The van der Waals surface area contributed by atoms with Crippen LogP contribution in [0.1, 0.15) is 5.69 Å². The van der Waals surface area contributed by atoms with Crippen molar-refractivity contribution in [2.45, 2.75) is 32.3 Å². The Kier molecular flexibility index (Phi) is 7.38. The van der Waals surface area contributed by atoms with E-state index in [1.807, 2.05) is 0 Å². The van der Waals surface area contributed by atoms with Crippen LogP contribution in [-0.4, -0.2) is 29.2 Å². The molecule has 0 aliphatic carbocycles. The Morgan fingerprint density at radius 2 is 1.87 bits per heavy atom. The molecule has 0 spiro atoms. The number of fused-ring (bicyclic) bond motifs is 1. The number of nitrogens with two attached hydrogens (primary N) is 1. The molecule has 12 heteroatoms. The Balaban J connectivity index is 1.86. The van der Waals surface area contributed by atoms with Crippen molar-refractivity contribution in [3.63, 3.8) is 0 Å². The highest BCUT2D eigenvalue weighted by Gasteiger charge is 2.28. The van der Waals surface area contributed by atoms with Crippen molar-refractivity contribution in [1.82, 2.24) is 9.55 Å². The van der Waals surface area contributed by atoms with Gasteiger partial charge < -0.3 is 24.8 Å². The lowest BCUT2D eigenvalue weighted by molar-refractivity contribution is -0.384. The van der Waals surface area contributed by atoms with Crippen molar-refractivity contribution >= 4 is 30.4 Å². The highest BCUT2D eigenvalue weighted by molar-refractivity contribution is 6.76. The van der Waals surface area contributed by atoms with Crippen LogP contribution >= 0.6 is 0 Å². The number of halogens is 2. The molecule has 38 heavy (non-hydrogen) atoms. The van der Waals surface area contributed by atoms with Gasteiger partial charge in [-0.2, -0.15) is 0 Å². The fourth-order valence-corrected chi connectivity index (χ4v) is 4.76. The van der Waals surface area contributed by atoms with Crippen molar-refractivity contribution in [3.05, 3.63) is 80.4 Å². The standard InChI is InChI=1S/C26H28F2N4O5Si/c1-31-13-19(18-12-16(30-23(18)26(31)33)14-36-9-10-38(2,3)4)17-6-7-21(29)24(32(34)35)25(17)37-22-8-5-15(27)11-20(22)28/h5-8,11-13,30H,9-10,14,29H2,1-4H3. The maximum Gasteiger partial charge on any atom is 0.334 e. The van der Waals surface area contributed by atoms with Crippen molar-refractivity contribution < 1.29 is 23.2 Å². The molecule has 2 aromatic heterocycles. The van der Waals surface area contributed by atoms with E-state index in [0.717, 1.165) is 18.2 Å². The number of aromatic nitrogens is 2. The average Bonchev–Trinajstić information content (AvgIpc) is 3.25. The summed E-state index contributed by atoms with van der Waals surface area (Å²) in [5.41, 5.74) is 6.33. The van der Waals surface area contributed by atoms with Gasteiger partial charge in [0.05, 0.1) is 11.5 Å². The number of nitrogens with zero attached hydrogens (tertiary/aromatic N) is 2. The first-order valence-corrected chi connectivity index (χ1v) is 15.6. The van der Waals surface area contributed by atoms with Gasteiger partial charge in [0, 0.05) is 56.2 Å². The van der Waals surface area contributed by atoms with Crippen LogP contribution in [0.2, 0.25) is 25.7 Å². The number of pyridine rings is 1. The molecule has 0 atom stereocenters. The molecule has 0 radical (unpaired) electrons. The largest absolute Gasteiger partial charge is 0.446 e. The number of rotatable bonds is 9. The van der Waals surface area contributed by atoms with Crippen LogP contribution in [0.15, 0.2) is 47.4 Å². The monoisotopic (exact) mass is 542 g/mol. The highest BCUT2D eigenvalue weighted by Crippen LogP contribution is 2.45. The van der Waals surface area contributed by atoms with E-state index < -0.39 is 36.1 Å². The van der Waals surface area contributed by atoms with Gasteiger partial charge in [0.2, 0.25) is 5.75 Å². The van der Waals surface area contributed by atoms with Gasteiger partial charge in [-0.3, -0.25) is 14.9 Å². The van der Waals surface area contributed by atoms with Crippen LogP contribution in [0.3, 0.4) is 0 Å². The lowest BCUT2D eigenvalue weighted by atomic mass is 10.0. The predicted molar refractivity (Wildman–Crippen MR) is 144 cm³/mol. The molecule has 0 saturated heterocycles. The van der Waals surface area contributed by atoms with Crippen LogP contribution in [0, 0.1) is 21.7 Å². The number of ether oxygens (including phenoxy) is 2. The summed E-state index contributed by atoms with van der Waals surface area (Å²) in [6.45, 7) is 7.57. The molecule has 4 rings (SSSR count). The first kappa shape index (κ1) is 27.0. The van der Waals surface area contributed by atoms with Crippen molar-refractivity contribution in [2.24, 2.45) is 7.05 Å². The maximum atomic E-state index is 14.5. The van der Waals surface area contributed by atoms with Gasteiger partial charge in [-0.15, -0.1) is 0 Å². The third-order valence-corrected chi connectivity index (χ3v) is 7.72. The smallest absolute Gasteiger partial charge is 0.334 e. The van der Waals surface area contributed by atoms with Crippen LogP contribution in [0.25, 0.3) is 22.0 Å². The molecule has 0 amide bonds. The van der Waals surface area contributed by atoms with Gasteiger partial charge in [-0.1, -0.05) is 19.6 Å². The molecule has 0 aliphatic heterocycles. The van der Waals surface area contributed by atoms with E-state index in [1.165, 1.54) is 22.9 Å². The fraction of sp³-hybridized carbons (Fsp3) is 0.269. The van der Waals surface area contributed by atoms with E-state index in [9.17, 15) is 23.7 Å². The first-order chi connectivity index (χ1) is 17.9. The van der Waals surface area contributed by atoms with E-state index in [1.54, 1.807) is 13.1 Å². The molecular weight excluding hydrogens is 514 g/mol. The molecule has 0 bridgehead atoms. The minimum atomic E-state index is -1.28. The van der Waals surface area contributed by atoms with Crippen LogP contribution < -0.4 is 16.0 Å². The molecule has 0 unspecified atom stereocenters. The average molecular weight is 543 g/mol. The number of hydrogen-bond donors (Lipinski definition) is 2. The molecule has 3 N–H and O–H groups in total. The number of anilines is 1. The second kappa shape index (κ2) is 10.4. The minimum absolute atomic E-state index is 0.195. The van der Waals surface area contributed by atoms with E-state index >= 15 is 0 Å². The maximum absolute atomic E-state index is 14.5. The second-order valence-electron chi connectivity index (χ2n) is 10.2. The van der Waals surface area contributed by atoms with Gasteiger partial charge >= 0.3 is 5.69 Å². The molecule has 9 nitrogen and oxygen atoms in total. The van der Waals surface area contributed by atoms with Gasteiger partial charge in [0.15, 0.2) is 11.6 Å². The third kappa shape index (κ3) is 5.60. The Bertz CT molecular complexity index is 1590. The van der Waals surface area contributed by atoms with Crippen LogP contribution in [0.5, 0.6) is 11.5 Å². The number of nitrogen functional groups attached to an aromatic ring is 1. The third-order valence-electron chi connectivity index (χ3n) is 6.02. The van der Waals surface area contributed by atoms with Crippen molar-refractivity contribution in [2.75, 3.05) is 12.3 Å². The summed E-state index contributed by atoms with van der Waals surface area (Å²) in [7, 11) is 0.267. The highest BCUT2D eigenvalue weighted by atomic mass is 28.3. The molecule has 200 valence electrons. The number of benzene rings is 2. The summed E-state index contributed by atoms with van der Waals surface area (Å²) in [4.78, 5) is 27.3. The summed E-state index contributed by atoms with van der Waals surface area (Å²) in [6, 6.07) is 8.17. The number of H-pyrrole nitrogens is 1. The molecule has 4 aromatic rings. The molecule has 2 aromatic carbocycles. The zero-order chi connectivity index (χ0) is 27.8. The first-order valence-electron chi connectivity index (χ1n) is 11.8. The Morgan fingerprint density at radius 1 is 1.13 bits per heavy atom. The zero-order valence-electron chi connectivity index (χ0n) is 21.4. The predicted octanol–water partition coefficient (Wildman–Crippen LogP) is 5.95. The number of nitrogens with one attached hydrogen (secondary N) is 1. The molecule has 2 heterocycles. The van der Waals surface area contributed by atoms with Gasteiger partial charge in [0.25, 0.3) is 5.56 Å². The molecule has 0 saturated carbocycles. The lowest BCUT2D eigenvalue weighted by Gasteiger charge is -2.15. The molecule has 0 aliphatic rings. The van der Waals surface area contributed by atoms with Gasteiger partial charge in [-0.25, -0.2) is 8.78 Å². The van der Waals surface area contributed by atoms with Crippen molar-refractivity contribution in [1.29, 1.82) is 0 Å². The SMILES string of the molecule is Cn1cc(-c2ccc(N)c([N+](=O)[O-])c2Oc2ccc(F)cc2F)c2cc(COCC[Si](C)(C)C)[nH]c2c1=O. The zero-order valence-corrected chi connectivity index (χ0v) is 22.4. The quantitative estimate of drug-likeness (QED) is 0.0885. The summed E-state index contributed by atoms with van der Waals surface area (Å²) in [6.07, 6.45) is 1.51. The van der Waals surface area contributed by atoms with E-state index in [0.29, 0.717) is 29.3 Å². The number of aromatic amines is 1. The second-order valence-corrected chi connectivity index (χ2v) is 15.8.